The van der Waals surface area contributed by atoms with E-state index in [9.17, 15) is 4.79 Å². The fraction of sp³-hybridized carbons (Fsp3) is 0.667. The Labute approximate surface area is 163 Å². The molecule has 1 fully saturated rings. The fourth-order valence-electron chi connectivity index (χ4n) is 4.30. The molecular weight excluding hydrogens is 342 g/mol. The lowest BCUT2D eigenvalue weighted by atomic mass is 9.63. The Morgan fingerprint density at radius 1 is 1.15 bits per heavy atom. The molecular formula is C21H35N3O3. The predicted molar refractivity (Wildman–Crippen MR) is 110 cm³/mol. The lowest BCUT2D eigenvalue weighted by Crippen LogP contribution is -2.40. The van der Waals surface area contributed by atoms with Crippen LogP contribution in [0.5, 0.6) is 5.75 Å². The van der Waals surface area contributed by atoms with Crippen LogP contribution in [0.15, 0.2) is 18.2 Å². The molecule has 0 spiro atoms. The molecule has 1 saturated carbocycles. The smallest absolute Gasteiger partial charge is 0.441 e. The molecule has 0 radical (unpaired) electrons. The molecule has 4 N–H and O–H groups in total. The van der Waals surface area contributed by atoms with Crippen LogP contribution in [0.2, 0.25) is 0 Å². The summed E-state index contributed by atoms with van der Waals surface area (Å²) in [6.45, 7) is 14.7. The molecule has 2 rings (SSSR count). The Morgan fingerprint density at radius 3 is 2.26 bits per heavy atom. The van der Waals surface area contributed by atoms with Crippen molar-refractivity contribution in [3.05, 3.63) is 18.2 Å². The number of hydroxylamine groups is 1. The summed E-state index contributed by atoms with van der Waals surface area (Å²) < 4.78 is 5.13. The number of nitrogens with two attached hydrogens (primary N) is 1. The zero-order valence-corrected chi connectivity index (χ0v) is 17.7. The standard InChI is InChI=1S/C21H35N3O3/c1-19(2,3)26-18(25)24-27-15-8-9-17(16(22)10-15)23-14-11-20(4,5)13-21(6,7)12-14/h8-10,14,23H,11-13,22H2,1-7H3,(H,24,25). The minimum atomic E-state index is -0.644. The van der Waals surface area contributed by atoms with Crippen LogP contribution in [0.4, 0.5) is 16.2 Å². The molecule has 1 aliphatic rings. The molecule has 27 heavy (non-hydrogen) atoms. The van der Waals surface area contributed by atoms with Gasteiger partial charge in [-0.15, -0.1) is 0 Å². The maximum Gasteiger partial charge on any atom is 0.441 e. The van der Waals surface area contributed by atoms with Crippen molar-refractivity contribution in [2.45, 2.75) is 79.4 Å². The fourth-order valence-corrected chi connectivity index (χ4v) is 4.30. The van der Waals surface area contributed by atoms with Crippen LogP contribution in [0.3, 0.4) is 0 Å². The van der Waals surface area contributed by atoms with Crippen molar-refractivity contribution < 1.29 is 14.4 Å². The van der Waals surface area contributed by atoms with E-state index in [4.69, 9.17) is 15.3 Å². The number of nitrogen functional groups attached to an aromatic ring is 1. The Morgan fingerprint density at radius 2 is 1.74 bits per heavy atom. The molecule has 6 heteroatoms. The van der Waals surface area contributed by atoms with E-state index < -0.39 is 11.7 Å². The molecule has 1 aromatic rings. The van der Waals surface area contributed by atoms with Crippen molar-refractivity contribution in [2.24, 2.45) is 10.8 Å². The highest BCUT2D eigenvalue weighted by Gasteiger charge is 2.38. The highest BCUT2D eigenvalue weighted by atomic mass is 16.7. The second kappa shape index (κ2) is 7.49. The highest BCUT2D eigenvalue weighted by Crippen LogP contribution is 2.46. The van der Waals surface area contributed by atoms with E-state index >= 15 is 0 Å². The van der Waals surface area contributed by atoms with Gasteiger partial charge in [0.15, 0.2) is 5.75 Å². The van der Waals surface area contributed by atoms with Gasteiger partial charge in [-0.25, -0.2) is 4.79 Å². The van der Waals surface area contributed by atoms with E-state index in [1.54, 1.807) is 32.9 Å². The quantitative estimate of drug-likeness (QED) is 0.502. The van der Waals surface area contributed by atoms with Gasteiger partial charge < -0.3 is 20.6 Å². The minimum absolute atomic E-state index is 0.300. The van der Waals surface area contributed by atoms with Crippen molar-refractivity contribution in [3.8, 4) is 5.75 Å². The van der Waals surface area contributed by atoms with Gasteiger partial charge in [0.25, 0.3) is 0 Å². The van der Waals surface area contributed by atoms with Gasteiger partial charge in [-0.05, 0) is 63.0 Å². The molecule has 0 bridgehead atoms. The van der Waals surface area contributed by atoms with E-state index in [1.807, 2.05) is 6.07 Å². The summed E-state index contributed by atoms with van der Waals surface area (Å²) in [5, 5.41) is 3.59. The summed E-state index contributed by atoms with van der Waals surface area (Å²) in [6, 6.07) is 5.72. The van der Waals surface area contributed by atoms with Crippen LogP contribution in [-0.2, 0) is 4.74 Å². The molecule has 0 unspecified atom stereocenters. The Hall–Kier alpha value is -2.11. The van der Waals surface area contributed by atoms with E-state index in [1.165, 1.54) is 6.42 Å². The van der Waals surface area contributed by atoms with Crippen molar-refractivity contribution in [1.82, 2.24) is 5.48 Å². The number of carbonyl (C=O) groups is 1. The zero-order valence-electron chi connectivity index (χ0n) is 17.7. The molecule has 0 heterocycles. The summed E-state index contributed by atoms with van der Waals surface area (Å²) in [5.41, 5.74) is 9.95. The molecule has 152 valence electrons. The van der Waals surface area contributed by atoms with Gasteiger partial charge in [0.1, 0.15) is 5.60 Å². The van der Waals surface area contributed by atoms with E-state index in [0.717, 1.165) is 18.5 Å². The third-order valence-electron chi connectivity index (χ3n) is 4.59. The molecule has 6 nitrogen and oxygen atoms in total. The maximum atomic E-state index is 11.7. The molecule has 0 aliphatic heterocycles. The normalized spacial score (nSPS) is 19.2. The monoisotopic (exact) mass is 377 g/mol. The first kappa shape index (κ1) is 21.2. The number of carbonyl (C=O) groups excluding carboxylic acids is 1. The number of nitrogens with one attached hydrogen (secondary N) is 2. The molecule has 1 aromatic carbocycles. The lowest BCUT2D eigenvalue weighted by Gasteiger charge is -2.45. The van der Waals surface area contributed by atoms with Gasteiger partial charge in [0, 0.05) is 12.1 Å². The summed E-state index contributed by atoms with van der Waals surface area (Å²) in [6.07, 6.45) is 2.79. The summed E-state index contributed by atoms with van der Waals surface area (Å²) in [7, 11) is 0. The Kier molecular flexibility index (Phi) is 5.88. The van der Waals surface area contributed by atoms with Gasteiger partial charge >= 0.3 is 6.09 Å². The highest BCUT2D eigenvalue weighted by molar-refractivity contribution is 5.69. The van der Waals surface area contributed by atoms with Crippen molar-refractivity contribution in [3.63, 3.8) is 0 Å². The second-order valence-electron chi connectivity index (χ2n) is 10.2. The number of ether oxygens (including phenoxy) is 1. The largest absolute Gasteiger partial charge is 0.442 e. The van der Waals surface area contributed by atoms with E-state index in [-0.39, 0.29) is 0 Å². The third-order valence-corrected chi connectivity index (χ3v) is 4.59. The van der Waals surface area contributed by atoms with Crippen LogP contribution in [0.1, 0.15) is 67.7 Å². The van der Waals surface area contributed by atoms with Crippen LogP contribution >= 0.6 is 0 Å². The van der Waals surface area contributed by atoms with Gasteiger partial charge in [-0.2, -0.15) is 5.48 Å². The number of rotatable bonds is 4. The Bertz CT molecular complexity index is 662. The summed E-state index contributed by atoms with van der Waals surface area (Å²) >= 11 is 0. The minimum Gasteiger partial charge on any atom is -0.442 e. The average Bonchev–Trinajstić information content (AvgIpc) is 2.42. The third kappa shape index (κ3) is 6.85. The number of benzene rings is 1. The first-order valence-corrected chi connectivity index (χ1v) is 9.57. The molecule has 1 aliphatic carbocycles. The van der Waals surface area contributed by atoms with Crippen LogP contribution < -0.4 is 21.4 Å². The SMILES string of the molecule is CC1(C)CC(Nc2ccc(ONC(=O)OC(C)(C)C)cc2N)CC(C)(C)C1. The van der Waals surface area contributed by atoms with Crippen LogP contribution in [0, 0.1) is 10.8 Å². The van der Waals surface area contributed by atoms with Gasteiger partial charge in [0.05, 0.1) is 11.4 Å². The first-order valence-electron chi connectivity index (χ1n) is 9.57. The van der Waals surface area contributed by atoms with Crippen LogP contribution in [-0.4, -0.2) is 17.7 Å². The van der Waals surface area contributed by atoms with Crippen molar-refractivity contribution in [1.29, 1.82) is 0 Å². The number of hydrogen-bond acceptors (Lipinski definition) is 5. The van der Waals surface area contributed by atoms with Gasteiger partial charge in [0.2, 0.25) is 0 Å². The van der Waals surface area contributed by atoms with Crippen molar-refractivity contribution >= 4 is 17.5 Å². The first-order chi connectivity index (χ1) is 12.2. The summed E-state index contributed by atoms with van der Waals surface area (Å²) in [4.78, 5) is 16.9. The Balaban J connectivity index is 1.97. The lowest BCUT2D eigenvalue weighted by molar-refractivity contribution is 0.0287. The number of hydrogen-bond donors (Lipinski definition) is 3. The van der Waals surface area contributed by atoms with Crippen LogP contribution in [0.25, 0.3) is 0 Å². The predicted octanol–water partition coefficient (Wildman–Crippen LogP) is 5.10. The molecule has 0 aromatic heterocycles. The number of amides is 1. The molecule has 0 atom stereocenters. The average molecular weight is 378 g/mol. The van der Waals surface area contributed by atoms with Gasteiger partial charge in [-0.1, -0.05) is 27.7 Å². The molecule has 0 saturated heterocycles. The summed E-state index contributed by atoms with van der Waals surface area (Å²) in [5.74, 6) is 0.452. The second-order valence-corrected chi connectivity index (χ2v) is 10.2. The zero-order chi connectivity index (χ0) is 20.5. The van der Waals surface area contributed by atoms with E-state index in [0.29, 0.717) is 28.3 Å². The van der Waals surface area contributed by atoms with E-state index in [2.05, 4.69) is 38.5 Å². The number of anilines is 2. The van der Waals surface area contributed by atoms with Crippen molar-refractivity contribution in [2.75, 3.05) is 11.1 Å². The maximum absolute atomic E-state index is 11.7. The topological polar surface area (TPSA) is 85.6 Å². The molecule has 1 amide bonds. The van der Waals surface area contributed by atoms with Gasteiger partial charge in [-0.3, -0.25) is 0 Å².